The summed E-state index contributed by atoms with van der Waals surface area (Å²) < 4.78 is 13.6. The van der Waals surface area contributed by atoms with Gasteiger partial charge in [0, 0.05) is 18.0 Å². The monoisotopic (exact) mass is 360 g/mol. The molecule has 5 nitrogen and oxygen atoms in total. The molecule has 0 aliphatic rings. The molecule has 1 amide bonds. The summed E-state index contributed by atoms with van der Waals surface area (Å²) >= 11 is 2.97. The molecular formula is C17H16N2O3S2. The summed E-state index contributed by atoms with van der Waals surface area (Å²) in [6, 6.07) is 7.58. The lowest BCUT2D eigenvalue weighted by molar-refractivity contribution is -0.113. The predicted molar refractivity (Wildman–Crippen MR) is 97.8 cm³/mol. The van der Waals surface area contributed by atoms with Gasteiger partial charge in [0.25, 0.3) is 5.91 Å². The molecule has 0 N–H and O–H groups in total. The highest BCUT2D eigenvalue weighted by atomic mass is 32.1. The molecule has 0 atom stereocenters. The van der Waals surface area contributed by atoms with Crippen LogP contribution in [-0.2, 0) is 11.8 Å². The largest absolute Gasteiger partial charge is 0.495 e. The highest BCUT2D eigenvalue weighted by molar-refractivity contribution is 7.16. The summed E-state index contributed by atoms with van der Waals surface area (Å²) in [6.45, 7) is 0. The van der Waals surface area contributed by atoms with Crippen LogP contribution in [0.25, 0.3) is 16.3 Å². The standard InChI is InChI=1S/C17H16N2O3S2/c1-19-15-12(21-2)7-8-13(22-3)16(15)24-17(19)18-14(20)9-6-11-5-4-10-23-11/h4-10H,1-3H3/b9-6+,18-17?. The number of carbonyl (C=O) groups excluding carboxylic acids is 1. The molecule has 0 unspecified atom stereocenters. The quantitative estimate of drug-likeness (QED) is 0.670. The normalized spacial score (nSPS) is 12.2. The van der Waals surface area contributed by atoms with Crippen LogP contribution in [0.4, 0.5) is 0 Å². The zero-order valence-electron chi connectivity index (χ0n) is 13.5. The van der Waals surface area contributed by atoms with E-state index in [-0.39, 0.29) is 5.91 Å². The minimum absolute atomic E-state index is 0.302. The van der Waals surface area contributed by atoms with E-state index in [0.29, 0.717) is 10.6 Å². The van der Waals surface area contributed by atoms with E-state index in [1.807, 2.05) is 41.3 Å². The molecule has 124 valence electrons. The number of benzene rings is 1. The van der Waals surface area contributed by atoms with Crippen molar-refractivity contribution >= 4 is 44.9 Å². The van der Waals surface area contributed by atoms with Gasteiger partial charge in [-0.15, -0.1) is 11.3 Å². The number of rotatable bonds is 4. The van der Waals surface area contributed by atoms with E-state index in [1.54, 1.807) is 31.6 Å². The van der Waals surface area contributed by atoms with E-state index in [0.717, 1.165) is 20.8 Å². The Kier molecular flexibility index (Phi) is 4.82. The van der Waals surface area contributed by atoms with Gasteiger partial charge in [0.15, 0.2) is 4.80 Å². The summed E-state index contributed by atoms with van der Waals surface area (Å²) in [6.07, 6.45) is 3.25. The average Bonchev–Trinajstić information content (AvgIpc) is 3.21. The van der Waals surface area contributed by atoms with E-state index < -0.39 is 0 Å². The number of aromatic nitrogens is 1. The summed E-state index contributed by atoms with van der Waals surface area (Å²) in [7, 11) is 5.09. The number of hydrogen-bond donors (Lipinski definition) is 0. The molecule has 0 radical (unpaired) electrons. The third kappa shape index (κ3) is 3.13. The van der Waals surface area contributed by atoms with E-state index in [2.05, 4.69) is 4.99 Å². The maximum absolute atomic E-state index is 12.1. The van der Waals surface area contributed by atoms with Crippen LogP contribution in [0.2, 0.25) is 0 Å². The smallest absolute Gasteiger partial charge is 0.272 e. The molecule has 1 aromatic carbocycles. The van der Waals surface area contributed by atoms with Crippen LogP contribution in [0.15, 0.2) is 40.7 Å². The minimum atomic E-state index is -0.302. The Morgan fingerprint density at radius 2 is 1.96 bits per heavy atom. The molecular weight excluding hydrogens is 344 g/mol. The van der Waals surface area contributed by atoms with Gasteiger partial charge >= 0.3 is 0 Å². The van der Waals surface area contributed by atoms with E-state index in [1.165, 1.54) is 17.4 Å². The molecule has 0 fully saturated rings. The lowest BCUT2D eigenvalue weighted by atomic mass is 10.3. The Hall–Kier alpha value is -2.38. The first-order valence-electron chi connectivity index (χ1n) is 7.15. The Morgan fingerprint density at radius 1 is 1.21 bits per heavy atom. The molecule has 7 heteroatoms. The van der Waals surface area contributed by atoms with Gasteiger partial charge in [-0.05, 0) is 29.7 Å². The molecule has 3 aromatic rings. The van der Waals surface area contributed by atoms with Crippen LogP contribution in [0, 0.1) is 0 Å². The number of thiophene rings is 1. The van der Waals surface area contributed by atoms with Crippen molar-refractivity contribution in [2.75, 3.05) is 14.2 Å². The maximum atomic E-state index is 12.1. The lowest BCUT2D eigenvalue weighted by Gasteiger charge is -2.06. The summed E-state index contributed by atoms with van der Waals surface area (Å²) in [5, 5.41) is 1.96. The molecule has 2 heterocycles. The predicted octanol–water partition coefficient (Wildman–Crippen LogP) is 3.46. The van der Waals surface area contributed by atoms with Crippen molar-refractivity contribution in [1.29, 1.82) is 0 Å². The zero-order chi connectivity index (χ0) is 17.1. The Labute approximate surface area is 147 Å². The number of fused-ring (bicyclic) bond motifs is 1. The number of ether oxygens (including phenoxy) is 2. The van der Waals surface area contributed by atoms with Crippen LogP contribution in [0.5, 0.6) is 11.5 Å². The van der Waals surface area contributed by atoms with E-state index in [4.69, 9.17) is 9.47 Å². The van der Waals surface area contributed by atoms with Crippen molar-refractivity contribution in [2.24, 2.45) is 12.0 Å². The van der Waals surface area contributed by atoms with Crippen LogP contribution < -0.4 is 14.3 Å². The molecule has 24 heavy (non-hydrogen) atoms. The van der Waals surface area contributed by atoms with Gasteiger partial charge in [0.05, 0.1) is 14.2 Å². The van der Waals surface area contributed by atoms with E-state index in [9.17, 15) is 4.79 Å². The Morgan fingerprint density at radius 3 is 2.62 bits per heavy atom. The first-order chi connectivity index (χ1) is 11.6. The fourth-order valence-electron chi connectivity index (χ4n) is 2.30. The number of nitrogens with zero attached hydrogens (tertiary/aromatic N) is 2. The number of aryl methyl sites for hydroxylation is 1. The Balaban J connectivity index is 2.06. The summed E-state index contributed by atoms with van der Waals surface area (Å²) in [5.41, 5.74) is 0.857. The second-order valence-electron chi connectivity index (χ2n) is 4.89. The van der Waals surface area contributed by atoms with Crippen molar-refractivity contribution in [3.05, 3.63) is 45.4 Å². The number of thiazole rings is 1. The van der Waals surface area contributed by atoms with Crippen LogP contribution in [0.3, 0.4) is 0 Å². The first kappa shape index (κ1) is 16.5. The van der Waals surface area contributed by atoms with Crippen molar-refractivity contribution < 1.29 is 14.3 Å². The van der Waals surface area contributed by atoms with Gasteiger partial charge in [-0.1, -0.05) is 17.4 Å². The Bertz CT molecular complexity index is 966. The molecule has 0 spiro atoms. The molecule has 2 aromatic heterocycles. The van der Waals surface area contributed by atoms with Gasteiger partial charge in [0.2, 0.25) is 0 Å². The van der Waals surface area contributed by atoms with Crippen molar-refractivity contribution in [3.63, 3.8) is 0 Å². The third-order valence-corrected chi connectivity index (χ3v) is 5.44. The first-order valence-corrected chi connectivity index (χ1v) is 8.84. The maximum Gasteiger partial charge on any atom is 0.272 e. The molecule has 0 saturated carbocycles. The highest BCUT2D eigenvalue weighted by Crippen LogP contribution is 2.34. The summed E-state index contributed by atoms with van der Waals surface area (Å²) in [5.74, 6) is 1.14. The molecule has 0 saturated heterocycles. The van der Waals surface area contributed by atoms with Crippen molar-refractivity contribution in [3.8, 4) is 11.5 Å². The number of hydrogen-bond acceptors (Lipinski definition) is 5. The van der Waals surface area contributed by atoms with Gasteiger partial charge in [-0.2, -0.15) is 4.99 Å². The van der Waals surface area contributed by atoms with Crippen molar-refractivity contribution in [2.45, 2.75) is 0 Å². The molecule has 0 aliphatic carbocycles. The number of carbonyl (C=O) groups is 1. The number of methoxy groups -OCH3 is 2. The molecule has 3 rings (SSSR count). The van der Waals surface area contributed by atoms with Gasteiger partial charge in [0.1, 0.15) is 21.7 Å². The SMILES string of the molecule is COc1ccc(OC)c2c1sc(=NC(=O)/C=C/c1cccs1)n2C. The number of amides is 1. The van der Waals surface area contributed by atoms with Gasteiger partial charge < -0.3 is 14.0 Å². The second kappa shape index (κ2) is 7.02. The van der Waals surface area contributed by atoms with Crippen LogP contribution in [0.1, 0.15) is 4.88 Å². The van der Waals surface area contributed by atoms with Gasteiger partial charge in [-0.25, -0.2) is 0 Å². The molecule has 0 aliphatic heterocycles. The van der Waals surface area contributed by atoms with Crippen molar-refractivity contribution in [1.82, 2.24) is 4.57 Å². The van der Waals surface area contributed by atoms with Crippen LogP contribution >= 0.6 is 22.7 Å². The zero-order valence-corrected chi connectivity index (χ0v) is 15.1. The molecule has 0 bridgehead atoms. The minimum Gasteiger partial charge on any atom is -0.495 e. The topological polar surface area (TPSA) is 52.8 Å². The lowest BCUT2D eigenvalue weighted by Crippen LogP contribution is -2.12. The summed E-state index contributed by atoms with van der Waals surface area (Å²) in [4.78, 5) is 17.9. The average molecular weight is 360 g/mol. The van der Waals surface area contributed by atoms with Gasteiger partial charge in [-0.3, -0.25) is 4.79 Å². The second-order valence-corrected chi connectivity index (χ2v) is 6.85. The van der Waals surface area contributed by atoms with E-state index >= 15 is 0 Å². The van der Waals surface area contributed by atoms with Crippen LogP contribution in [-0.4, -0.2) is 24.7 Å². The third-order valence-electron chi connectivity index (χ3n) is 3.45. The highest BCUT2D eigenvalue weighted by Gasteiger charge is 2.13. The fraction of sp³-hybridized carbons (Fsp3) is 0.176. The fourth-order valence-corrected chi connectivity index (χ4v) is 4.05.